The van der Waals surface area contributed by atoms with Gasteiger partial charge in [0.05, 0.1) is 12.1 Å². The molecule has 1 atom stereocenters. The van der Waals surface area contributed by atoms with Crippen LogP contribution >= 0.6 is 0 Å². The lowest BCUT2D eigenvalue weighted by Gasteiger charge is -2.10. The van der Waals surface area contributed by atoms with E-state index in [1.807, 2.05) is 37.3 Å². The summed E-state index contributed by atoms with van der Waals surface area (Å²) in [5.41, 5.74) is 2.96. The van der Waals surface area contributed by atoms with Gasteiger partial charge in [-0.25, -0.2) is 4.98 Å². The first-order valence-electron chi connectivity index (χ1n) is 6.78. The van der Waals surface area contributed by atoms with E-state index in [4.69, 9.17) is 9.52 Å². The standard InChI is InChI=1S/C17H15NO3/c1-11-4-2-3-5-14(11)15-10-18-16(21-15)12-6-8-13(9-7-12)17(19)20/h2-8,10,13H,9H2,1H3,(H,19,20). The van der Waals surface area contributed by atoms with Gasteiger partial charge < -0.3 is 9.52 Å². The Hall–Kier alpha value is -2.62. The SMILES string of the molecule is Cc1ccccc1-c1cnc(C2=CCC(C(=O)O)C=C2)o1. The Morgan fingerprint density at radius 2 is 2.19 bits per heavy atom. The molecule has 0 spiro atoms. The Morgan fingerprint density at radius 3 is 2.86 bits per heavy atom. The van der Waals surface area contributed by atoms with Crippen molar-refractivity contribution >= 4 is 11.5 Å². The average Bonchev–Trinajstić information content (AvgIpc) is 2.97. The summed E-state index contributed by atoms with van der Waals surface area (Å²) < 4.78 is 5.81. The highest BCUT2D eigenvalue weighted by molar-refractivity contribution is 5.78. The first kappa shape index (κ1) is 13.4. The minimum Gasteiger partial charge on any atom is -0.481 e. The average molecular weight is 281 g/mol. The third kappa shape index (κ3) is 2.65. The number of oxazole rings is 1. The smallest absolute Gasteiger partial charge is 0.310 e. The van der Waals surface area contributed by atoms with E-state index < -0.39 is 11.9 Å². The second-order valence-electron chi connectivity index (χ2n) is 5.04. The number of hydrogen-bond acceptors (Lipinski definition) is 3. The number of nitrogens with zero attached hydrogens (tertiary/aromatic N) is 1. The molecule has 106 valence electrons. The zero-order valence-electron chi connectivity index (χ0n) is 11.6. The molecule has 0 radical (unpaired) electrons. The van der Waals surface area contributed by atoms with Gasteiger partial charge in [-0.2, -0.15) is 0 Å². The lowest BCUT2D eigenvalue weighted by Crippen LogP contribution is -2.11. The van der Waals surface area contributed by atoms with Crippen LogP contribution in [0.2, 0.25) is 0 Å². The summed E-state index contributed by atoms with van der Waals surface area (Å²) in [7, 11) is 0. The zero-order chi connectivity index (χ0) is 14.8. The highest BCUT2D eigenvalue weighted by atomic mass is 16.4. The van der Waals surface area contributed by atoms with Crippen molar-refractivity contribution in [3.05, 3.63) is 60.1 Å². The van der Waals surface area contributed by atoms with Gasteiger partial charge in [0, 0.05) is 11.1 Å². The van der Waals surface area contributed by atoms with Crippen LogP contribution in [-0.2, 0) is 4.79 Å². The van der Waals surface area contributed by atoms with Crippen LogP contribution in [0.3, 0.4) is 0 Å². The van der Waals surface area contributed by atoms with Gasteiger partial charge in [-0.1, -0.05) is 42.5 Å². The summed E-state index contributed by atoms with van der Waals surface area (Å²) in [5.74, 6) is -0.0276. The predicted molar refractivity (Wildman–Crippen MR) is 79.5 cm³/mol. The van der Waals surface area contributed by atoms with Gasteiger partial charge in [0.1, 0.15) is 0 Å². The van der Waals surface area contributed by atoms with Crippen LogP contribution in [0.5, 0.6) is 0 Å². The van der Waals surface area contributed by atoms with Gasteiger partial charge in [-0.05, 0) is 18.9 Å². The fourth-order valence-electron chi connectivity index (χ4n) is 2.34. The van der Waals surface area contributed by atoms with E-state index in [2.05, 4.69) is 4.98 Å². The van der Waals surface area contributed by atoms with Gasteiger partial charge in [0.15, 0.2) is 5.76 Å². The lowest BCUT2D eigenvalue weighted by molar-refractivity contribution is -0.139. The van der Waals surface area contributed by atoms with Gasteiger partial charge in [-0.3, -0.25) is 4.79 Å². The maximum atomic E-state index is 10.9. The number of allylic oxidation sites excluding steroid dienone is 3. The van der Waals surface area contributed by atoms with Crippen LogP contribution in [0.1, 0.15) is 17.9 Å². The minimum absolute atomic E-state index is 0.459. The molecule has 1 aliphatic rings. The van der Waals surface area contributed by atoms with E-state index in [9.17, 15) is 4.79 Å². The Labute approximate surface area is 122 Å². The maximum Gasteiger partial charge on any atom is 0.310 e. The predicted octanol–water partition coefficient (Wildman–Crippen LogP) is 3.69. The monoisotopic (exact) mass is 281 g/mol. The Bertz CT molecular complexity index is 740. The molecule has 0 amide bonds. The maximum absolute atomic E-state index is 10.9. The Morgan fingerprint density at radius 1 is 1.38 bits per heavy atom. The normalized spacial score (nSPS) is 17.6. The fraction of sp³-hybridized carbons (Fsp3) is 0.176. The van der Waals surface area contributed by atoms with Crippen molar-refractivity contribution in [2.75, 3.05) is 0 Å². The number of aliphatic carboxylic acids is 1. The van der Waals surface area contributed by atoms with Gasteiger partial charge in [-0.15, -0.1) is 0 Å². The summed E-state index contributed by atoms with van der Waals surface area (Å²) in [6.07, 6.45) is 7.45. The second kappa shape index (κ2) is 5.40. The molecule has 1 N–H and O–H groups in total. The molecule has 0 saturated heterocycles. The first-order valence-corrected chi connectivity index (χ1v) is 6.78. The van der Waals surface area contributed by atoms with Gasteiger partial charge in [0.2, 0.25) is 5.89 Å². The van der Waals surface area contributed by atoms with Crippen molar-refractivity contribution in [2.45, 2.75) is 13.3 Å². The van der Waals surface area contributed by atoms with Crippen molar-refractivity contribution in [1.82, 2.24) is 4.98 Å². The Balaban J connectivity index is 1.86. The summed E-state index contributed by atoms with van der Waals surface area (Å²) in [5, 5.41) is 8.96. The molecule has 0 fully saturated rings. The molecule has 1 heterocycles. The molecule has 1 aliphatic carbocycles. The van der Waals surface area contributed by atoms with Crippen LogP contribution in [-0.4, -0.2) is 16.1 Å². The van der Waals surface area contributed by atoms with E-state index in [1.54, 1.807) is 18.3 Å². The number of carboxylic acids is 1. The van der Waals surface area contributed by atoms with Crippen LogP contribution in [0, 0.1) is 12.8 Å². The van der Waals surface area contributed by atoms with Crippen LogP contribution in [0.25, 0.3) is 16.9 Å². The molecule has 0 bridgehead atoms. The zero-order valence-corrected chi connectivity index (χ0v) is 11.6. The minimum atomic E-state index is -0.811. The highest BCUT2D eigenvalue weighted by Crippen LogP contribution is 2.29. The molecule has 1 unspecified atom stereocenters. The molecule has 21 heavy (non-hydrogen) atoms. The lowest BCUT2D eigenvalue weighted by atomic mass is 9.97. The first-order chi connectivity index (χ1) is 10.1. The van der Waals surface area contributed by atoms with Crippen molar-refractivity contribution in [2.24, 2.45) is 5.92 Å². The summed E-state index contributed by atoms with van der Waals surface area (Å²) in [6.45, 7) is 2.02. The summed E-state index contributed by atoms with van der Waals surface area (Å²) in [6, 6.07) is 7.95. The number of carboxylic acid groups (broad SMARTS) is 1. The molecule has 1 aromatic carbocycles. The van der Waals surface area contributed by atoms with Crippen molar-refractivity contribution < 1.29 is 14.3 Å². The topological polar surface area (TPSA) is 63.3 Å². The molecule has 1 aromatic heterocycles. The van der Waals surface area contributed by atoms with Gasteiger partial charge in [0.25, 0.3) is 0 Å². The van der Waals surface area contributed by atoms with E-state index in [1.165, 1.54) is 0 Å². The van der Waals surface area contributed by atoms with Crippen LogP contribution < -0.4 is 0 Å². The quantitative estimate of drug-likeness (QED) is 0.931. The third-order valence-corrected chi connectivity index (χ3v) is 3.58. The van der Waals surface area contributed by atoms with E-state index >= 15 is 0 Å². The number of aryl methyl sites for hydroxylation is 1. The third-order valence-electron chi connectivity index (χ3n) is 3.58. The van der Waals surface area contributed by atoms with Gasteiger partial charge >= 0.3 is 5.97 Å². The van der Waals surface area contributed by atoms with Crippen molar-refractivity contribution in [3.8, 4) is 11.3 Å². The molecular formula is C17H15NO3. The van der Waals surface area contributed by atoms with Crippen LogP contribution in [0.15, 0.2) is 53.1 Å². The number of benzene rings is 1. The molecule has 4 heteroatoms. The summed E-state index contributed by atoms with van der Waals surface area (Å²) >= 11 is 0. The summed E-state index contributed by atoms with van der Waals surface area (Å²) in [4.78, 5) is 15.2. The van der Waals surface area contributed by atoms with E-state index in [0.29, 0.717) is 12.3 Å². The highest BCUT2D eigenvalue weighted by Gasteiger charge is 2.18. The van der Waals surface area contributed by atoms with E-state index in [-0.39, 0.29) is 0 Å². The molecule has 0 aliphatic heterocycles. The van der Waals surface area contributed by atoms with Crippen molar-refractivity contribution in [3.63, 3.8) is 0 Å². The molecule has 3 rings (SSSR count). The fourth-order valence-corrected chi connectivity index (χ4v) is 2.34. The largest absolute Gasteiger partial charge is 0.481 e. The molecular weight excluding hydrogens is 266 g/mol. The van der Waals surface area contributed by atoms with E-state index in [0.717, 1.165) is 22.5 Å². The van der Waals surface area contributed by atoms with Crippen molar-refractivity contribution in [1.29, 1.82) is 0 Å². The van der Waals surface area contributed by atoms with Crippen LogP contribution in [0.4, 0.5) is 0 Å². The second-order valence-corrected chi connectivity index (χ2v) is 5.04. The number of rotatable bonds is 3. The molecule has 2 aromatic rings. The number of carbonyl (C=O) groups is 1. The number of aromatic nitrogens is 1. The Kier molecular flexibility index (Phi) is 3.44. The molecule has 0 saturated carbocycles. The number of hydrogen-bond donors (Lipinski definition) is 1. The molecule has 4 nitrogen and oxygen atoms in total.